The van der Waals surface area contributed by atoms with Gasteiger partial charge in [0.05, 0.1) is 25.4 Å². The minimum Gasteiger partial charge on any atom is -0.495 e. The van der Waals surface area contributed by atoms with Crippen molar-refractivity contribution in [2.75, 3.05) is 25.7 Å². The monoisotopic (exact) mass is 428 g/mol. The van der Waals surface area contributed by atoms with E-state index >= 15 is 0 Å². The predicted octanol–water partition coefficient (Wildman–Crippen LogP) is 4.31. The normalized spacial score (nSPS) is 11.0. The van der Waals surface area contributed by atoms with Gasteiger partial charge in [0.1, 0.15) is 21.7 Å². The topological polar surface area (TPSA) is 69.5 Å². The molecule has 7 nitrogen and oxygen atoms in total. The van der Waals surface area contributed by atoms with Crippen molar-refractivity contribution in [2.24, 2.45) is 0 Å². The van der Waals surface area contributed by atoms with Gasteiger partial charge in [0.15, 0.2) is 5.13 Å². The van der Waals surface area contributed by atoms with Gasteiger partial charge in [-0.3, -0.25) is 9.69 Å². The number of thiophene rings is 1. The van der Waals surface area contributed by atoms with Crippen LogP contribution in [0.1, 0.15) is 16.1 Å². The number of carbonyl (C=O) groups excluding carboxylic acids is 1. The van der Waals surface area contributed by atoms with E-state index in [0.29, 0.717) is 33.6 Å². The molecule has 29 heavy (non-hydrogen) atoms. The molecule has 3 heterocycles. The van der Waals surface area contributed by atoms with Crippen LogP contribution in [0.5, 0.6) is 11.5 Å². The summed E-state index contributed by atoms with van der Waals surface area (Å²) in [5.41, 5.74) is 0.699. The van der Waals surface area contributed by atoms with E-state index in [1.54, 1.807) is 31.6 Å². The highest BCUT2D eigenvalue weighted by atomic mass is 32.1. The van der Waals surface area contributed by atoms with E-state index in [0.717, 1.165) is 17.7 Å². The summed E-state index contributed by atoms with van der Waals surface area (Å²) in [5.74, 6) is 1.32. The number of thiazole rings is 1. The lowest BCUT2D eigenvalue weighted by Crippen LogP contribution is -2.31. The fraction of sp³-hybridized carbons (Fsp3) is 0.250. The molecule has 4 rings (SSSR count). The third kappa shape index (κ3) is 3.96. The summed E-state index contributed by atoms with van der Waals surface area (Å²) in [5, 5.41) is 2.54. The van der Waals surface area contributed by atoms with Gasteiger partial charge in [-0.05, 0) is 30.0 Å². The zero-order valence-corrected chi connectivity index (χ0v) is 17.7. The van der Waals surface area contributed by atoms with Crippen LogP contribution >= 0.6 is 22.7 Å². The first kappa shape index (κ1) is 19.4. The van der Waals surface area contributed by atoms with Gasteiger partial charge < -0.3 is 14.0 Å². The Labute approximate surface area is 176 Å². The van der Waals surface area contributed by atoms with Gasteiger partial charge in [-0.15, -0.1) is 11.3 Å². The Hall–Kier alpha value is -2.91. The van der Waals surface area contributed by atoms with E-state index in [1.807, 2.05) is 40.4 Å². The largest absolute Gasteiger partial charge is 0.495 e. The Bertz CT molecular complexity index is 1050. The number of hydrogen-bond donors (Lipinski definition) is 0. The number of fused-ring (bicyclic) bond motifs is 1. The van der Waals surface area contributed by atoms with Gasteiger partial charge in [-0.1, -0.05) is 17.4 Å². The van der Waals surface area contributed by atoms with E-state index < -0.39 is 0 Å². The van der Waals surface area contributed by atoms with Crippen LogP contribution in [0.3, 0.4) is 0 Å². The maximum absolute atomic E-state index is 13.2. The van der Waals surface area contributed by atoms with Crippen LogP contribution in [-0.2, 0) is 6.54 Å². The first-order valence-corrected chi connectivity index (χ1v) is 10.7. The van der Waals surface area contributed by atoms with E-state index in [-0.39, 0.29) is 5.91 Å². The lowest BCUT2D eigenvalue weighted by Gasteiger charge is -2.19. The molecule has 0 radical (unpaired) electrons. The van der Waals surface area contributed by atoms with Crippen molar-refractivity contribution in [3.05, 3.63) is 53.2 Å². The Morgan fingerprint density at radius 3 is 2.72 bits per heavy atom. The van der Waals surface area contributed by atoms with Crippen LogP contribution < -0.4 is 14.4 Å². The molecule has 3 aromatic heterocycles. The first-order valence-electron chi connectivity index (χ1n) is 9.04. The van der Waals surface area contributed by atoms with Gasteiger partial charge in [0.2, 0.25) is 0 Å². The number of aryl methyl sites for hydroxylation is 1. The molecule has 0 aliphatic rings. The van der Waals surface area contributed by atoms with Gasteiger partial charge >= 0.3 is 0 Å². The second kappa shape index (κ2) is 8.62. The summed E-state index contributed by atoms with van der Waals surface area (Å²) in [6.07, 6.45) is 6.22. The molecular formula is C20H20N4O3S2. The van der Waals surface area contributed by atoms with Gasteiger partial charge in [-0.2, -0.15) is 0 Å². The molecule has 1 amide bonds. The molecule has 0 atom stereocenters. The van der Waals surface area contributed by atoms with Crippen LogP contribution in [0.25, 0.3) is 10.2 Å². The SMILES string of the molecule is COc1ccc(OC)c2sc(N(CCCn3ccnc3)C(=O)c3cccs3)nc12. The maximum Gasteiger partial charge on any atom is 0.270 e. The third-order valence-corrected chi connectivity index (χ3v) is 6.41. The Morgan fingerprint density at radius 1 is 1.21 bits per heavy atom. The molecule has 0 aliphatic carbocycles. The number of aromatic nitrogens is 3. The van der Waals surface area contributed by atoms with Gasteiger partial charge in [-0.25, -0.2) is 9.97 Å². The Balaban J connectivity index is 1.68. The quantitative estimate of drug-likeness (QED) is 0.418. The number of rotatable bonds is 8. The molecule has 9 heteroatoms. The zero-order chi connectivity index (χ0) is 20.2. The number of anilines is 1. The maximum atomic E-state index is 13.2. The summed E-state index contributed by atoms with van der Waals surface area (Å²) >= 11 is 2.86. The van der Waals surface area contributed by atoms with Crippen LogP contribution in [0, 0.1) is 0 Å². The third-order valence-electron chi connectivity index (χ3n) is 4.46. The van der Waals surface area contributed by atoms with Crippen molar-refractivity contribution in [3.63, 3.8) is 0 Å². The summed E-state index contributed by atoms with van der Waals surface area (Å²) in [4.78, 5) is 24.4. The van der Waals surface area contributed by atoms with E-state index in [2.05, 4.69) is 4.98 Å². The van der Waals surface area contributed by atoms with Crippen LogP contribution in [0.4, 0.5) is 5.13 Å². The molecule has 1 aromatic carbocycles. The molecule has 0 aliphatic heterocycles. The Morgan fingerprint density at radius 2 is 2.03 bits per heavy atom. The van der Waals surface area contributed by atoms with Crippen molar-refractivity contribution < 1.29 is 14.3 Å². The smallest absolute Gasteiger partial charge is 0.270 e. The number of carbonyl (C=O) groups is 1. The first-order chi connectivity index (χ1) is 14.2. The molecule has 0 spiro atoms. The lowest BCUT2D eigenvalue weighted by molar-refractivity contribution is 0.0990. The average molecular weight is 429 g/mol. The fourth-order valence-electron chi connectivity index (χ4n) is 3.04. The van der Waals surface area contributed by atoms with Crippen molar-refractivity contribution in [1.29, 1.82) is 0 Å². The highest BCUT2D eigenvalue weighted by Crippen LogP contribution is 2.40. The number of ether oxygens (including phenoxy) is 2. The van der Waals surface area contributed by atoms with E-state index in [1.165, 1.54) is 22.7 Å². The Kier molecular flexibility index (Phi) is 5.77. The van der Waals surface area contributed by atoms with E-state index in [4.69, 9.17) is 14.5 Å². The van der Waals surface area contributed by atoms with Gasteiger partial charge in [0, 0.05) is 25.5 Å². The van der Waals surface area contributed by atoms with E-state index in [9.17, 15) is 4.79 Å². The molecule has 0 saturated carbocycles. The number of benzene rings is 1. The summed E-state index contributed by atoms with van der Waals surface area (Å²) < 4.78 is 13.8. The summed E-state index contributed by atoms with van der Waals surface area (Å²) in [6.45, 7) is 1.31. The second-order valence-corrected chi connectivity index (χ2v) is 8.16. The molecule has 150 valence electrons. The molecule has 0 N–H and O–H groups in total. The minimum absolute atomic E-state index is 0.0531. The van der Waals surface area contributed by atoms with Crippen molar-refractivity contribution >= 4 is 43.9 Å². The minimum atomic E-state index is -0.0531. The lowest BCUT2D eigenvalue weighted by atomic mass is 10.3. The molecule has 4 aromatic rings. The number of imidazole rings is 1. The average Bonchev–Trinajstić information content (AvgIpc) is 3.51. The molecule has 0 unspecified atom stereocenters. The summed E-state index contributed by atoms with van der Waals surface area (Å²) in [6, 6.07) is 7.40. The zero-order valence-electron chi connectivity index (χ0n) is 16.1. The number of amides is 1. The number of nitrogens with zero attached hydrogens (tertiary/aromatic N) is 4. The van der Waals surface area contributed by atoms with Crippen molar-refractivity contribution in [2.45, 2.75) is 13.0 Å². The van der Waals surface area contributed by atoms with Crippen LogP contribution in [0.2, 0.25) is 0 Å². The number of hydrogen-bond acceptors (Lipinski definition) is 7. The van der Waals surface area contributed by atoms with Crippen molar-refractivity contribution in [1.82, 2.24) is 14.5 Å². The highest BCUT2D eigenvalue weighted by Gasteiger charge is 2.24. The predicted molar refractivity (Wildman–Crippen MR) is 116 cm³/mol. The highest BCUT2D eigenvalue weighted by molar-refractivity contribution is 7.23. The molecular weight excluding hydrogens is 408 g/mol. The van der Waals surface area contributed by atoms with Crippen LogP contribution in [0.15, 0.2) is 48.4 Å². The number of methoxy groups -OCH3 is 2. The van der Waals surface area contributed by atoms with Crippen molar-refractivity contribution in [3.8, 4) is 11.5 Å². The standard InChI is InChI=1S/C20H20N4O3S2/c1-26-14-6-7-15(27-2)18-17(14)22-20(29-18)24(19(25)16-5-3-12-28-16)10-4-9-23-11-8-21-13-23/h3,5-8,11-13H,4,9-10H2,1-2H3. The summed E-state index contributed by atoms with van der Waals surface area (Å²) in [7, 11) is 3.24. The van der Waals surface area contributed by atoms with Gasteiger partial charge in [0.25, 0.3) is 5.91 Å². The fourth-order valence-corrected chi connectivity index (χ4v) is 4.81. The molecule has 0 fully saturated rings. The molecule has 0 saturated heterocycles. The second-order valence-electron chi connectivity index (χ2n) is 6.23. The van der Waals surface area contributed by atoms with Crippen LogP contribution in [-0.4, -0.2) is 41.2 Å². The molecule has 0 bridgehead atoms.